The average molecular weight is 222 g/mol. The largest absolute Gasteiger partial charge is 0.454 e. The summed E-state index contributed by atoms with van der Waals surface area (Å²) in [6.07, 6.45) is 2.20. The lowest BCUT2D eigenvalue weighted by atomic mass is 10.2. The molecule has 0 fully saturated rings. The topological polar surface area (TPSA) is 56.5 Å². The maximum Gasteiger partial charge on any atom is 0.231 e. The van der Waals surface area contributed by atoms with E-state index in [-0.39, 0.29) is 0 Å². The molecule has 0 aliphatic carbocycles. The molecule has 3 N–H and O–H groups in total. The number of hydrogen-bond donors (Lipinski definition) is 2. The van der Waals surface area contributed by atoms with Crippen molar-refractivity contribution in [1.29, 1.82) is 0 Å². The molecule has 1 heterocycles. The van der Waals surface area contributed by atoms with E-state index in [9.17, 15) is 0 Å². The van der Waals surface area contributed by atoms with Crippen molar-refractivity contribution in [1.82, 2.24) is 5.32 Å². The fourth-order valence-corrected chi connectivity index (χ4v) is 1.68. The molecule has 0 spiro atoms. The SMILES string of the molecule is NCCCCNCc1ccc2c(c1)OCO2. The van der Waals surface area contributed by atoms with Crippen LogP contribution in [0.15, 0.2) is 18.2 Å². The standard InChI is InChI=1S/C12H18N2O2/c13-5-1-2-6-14-8-10-3-4-11-12(7-10)16-9-15-11/h3-4,7,14H,1-2,5-6,8-9,13H2. The Hall–Kier alpha value is -1.26. The number of ether oxygens (including phenoxy) is 2. The van der Waals surface area contributed by atoms with Crippen LogP contribution in [-0.4, -0.2) is 19.9 Å². The van der Waals surface area contributed by atoms with Crippen molar-refractivity contribution in [2.24, 2.45) is 5.73 Å². The quantitative estimate of drug-likeness (QED) is 0.711. The third kappa shape index (κ3) is 2.87. The van der Waals surface area contributed by atoms with Gasteiger partial charge >= 0.3 is 0 Å². The average Bonchev–Trinajstić information content (AvgIpc) is 2.76. The molecule has 0 saturated heterocycles. The molecule has 0 unspecified atom stereocenters. The van der Waals surface area contributed by atoms with Gasteiger partial charge in [0, 0.05) is 6.54 Å². The monoisotopic (exact) mass is 222 g/mol. The summed E-state index contributed by atoms with van der Waals surface area (Å²) in [5.74, 6) is 1.69. The number of nitrogens with one attached hydrogen (secondary N) is 1. The van der Waals surface area contributed by atoms with E-state index in [1.807, 2.05) is 12.1 Å². The molecular weight excluding hydrogens is 204 g/mol. The summed E-state index contributed by atoms with van der Waals surface area (Å²) in [6.45, 7) is 2.97. The zero-order chi connectivity index (χ0) is 11.2. The van der Waals surface area contributed by atoms with Crippen LogP contribution in [0.25, 0.3) is 0 Å². The van der Waals surface area contributed by atoms with Gasteiger partial charge in [-0.15, -0.1) is 0 Å². The summed E-state index contributed by atoms with van der Waals surface area (Å²) in [7, 11) is 0. The number of fused-ring (bicyclic) bond motifs is 1. The number of unbranched alkanes of at least 4 members (excludes halogenated alkanes) is 1. The summed E-state index contributed by atoms with van der Waals surface area (Å²) >= 11 is 0. The first-order valence-corrected chi connectivity index (χ1v) is 5.69. The summed E-state index contributed by atoms with van der Waals surface area (Å²) < 4.78 is 10.6. The maximum atomic E-state index is 5.43. The van der Waals surface area contributed by atoms with Gasteiger partial charge in [-0.05, 0) is 43.6 Å². The fraction of sp³-hybridized carbons (Fsp3) is 0.500. The third-order valence-corrected chi connectivity index (χ3v) is 2.57. The molecular formula is C12H18N2O2. The van der Waals surface area contributed by atoms with Crippen molar-refractivity contribution in [3.05, 3.63) is 23.8 Å². The van der Waals surface area contributed by atoms with E-state index in [0.717, 1.165) is 44.0 Å². The van der Waals surface area contributed by atoms with Gasteiger partial charge < -0.3 is 20.5 Å². The zero-order valence-corrected chi connectivity index (χ0v) is 9.37. The molecule has 0 saturated carbocycles. The maximum absolute atomic E-state index is 5.43. The predicted octanol–water partition coefficient (Wildman–Crippen LogP) is 1.24. The van der Waals surface area contributed by atoms with Crippen LogP contribution in [0.1, 0.15) is 18.4 Å². The molecule has 4 nitrogen and oxygen atoms in total. The summed E-state index contributed by atoms with van der Waals surface area (Å²) in [5.41, 5.74) is 6.64. The van der Waals surface area contributed by atoms with E-state index < -0.39 is 0 Å². The highest BCUT2D eigenvalue weighted by molar-refractivity contribution is 5.44. The van der Waals surface area contributed by atoms with E-state index >= 15 is 0 Å². The predicted molar refractivity (Wildman–Crippen MR) is 62.6 cm³/mol. The van der Waals surface area contributed by atoms with Gasteiger partial charge in [0.15, 0.2) is 11.5 Å². The fourth-order valence-electron chi connectivity index (χ4n) is 1.68. The molecule has 0 bridgehead atoms. The highest BCUT2D eigenvalue weighted by Crippen LogP contribution is 2.32. The van der Waals surface area contributed by atoms with Gasteiger partial charge in [-0.3, -0.25) is 0 Å². The minimum absolute atomic E-state index is 0.336. The molecule has 1 aromatic carbocycles. The molecule has 16 heavy (non-hydrogen) atoms. The molecule has 1 aromatic rings. The van der Waals surface area contributed by atoms with Gasteiger partial charge in [-0.1, -0.05) is 6.07 Å². The van der Waals surface area contributed by atoms with E-state index in [1.165, 1.54) is 5.56 Å². The molecule has 1 aliphatic rings. The number of rotatable bonds is 6. The van der Waals surface area contributed by atoms with Gasteiger partial charge in [-0.25, -0.2) is 0 Å². The lowest BCUT2D eigenvalue weighted by Crippen LogP contribution is -2.15. The van der Waals surface area contributed by atoms with Crippen molar-refractivity contribution in [2.75, 3.05) is 19.9 Å². The van der Waals surface area contributed by atoms with Crippen LogP contribution in [0.4, 0.5) is 0 Å². The smallest absolute Gasteiger partial charge is 0.231 e. The Morgan fingerprint density at radius 3 is 2.94 bits per heavy atom. The van der Waals surface area contributed by atoms with Crippen molar-refractivity contribution in [3.8, 4) is 11.5 Å². The minimum atomic E-state index is 0.336. The molecule has 0 aromatic heterocycles. The molecule has 0 atom stereocenters. The summed E-state index contributed by atoms with van der Waals surface area (Å²) in [4.78, 5) is 0. The van der Waals surface area contributed by atoms with Crippen molar-refractivity contribution in [2.45, 2.75) is 19.4 Å². The molecule has 0 amide bonds. The first-order valence-electron chi connectivity index (χ1n) is 5.69. The van der Waals surface area contributed by atoms with Crippen LogP contribution >= 0.6 is 0 Å². The van der Waals surface area contributed by atoms with Crippen LogP contribution < -0.4 is 20.5 Å². The van der Waals surface area contributed by atoms with Crippen LogP contribution in [0.5, 0.6) is 11.5 Å². The summed E-state index contributed by atoms with van der Waals surface area (Å²) in [6, 6.07) is 6.04. The third-order valence-electron chi connectivity index (χ3n) is 2.57. The van der Waals surface area contributed by atoms with E-state index in [4.69, 9.17) is 15.2 Å². The van der Waals surface area contributed by atoms with Crippen molar-refractivity contribution < 1.29 is 9.47 Å². The molecule has 1 aliphatic heterocycles. The zero-order valence-electron chi connectivity index (χ0n) is 9.37. The van der Waals surface area contributed by atoms with E-state index in [0.29, 0.717) is 6.79 Å². The molecule has 4 heteroatoms. The van der Waals surface area contributed by atoms with Crippen LogP contribution in [0, 0.1) is 0 Å². The molecule has 88 valence electrons. The Morgan fingerprint density at radius 2 is 2.06 bits per heavy atom. The lowest BCUT2D eigenvalue weighted by molar-refractivity contribution is 0.174. The van der Waals surface area contributed by atoms with E-state index in [2.05, 4.69) is 11.4 Å². The van der Waals surface area contributed by atoms with Gasteiger partial charge in [0.25, 0.3) is 0 Å². The van der Waals surface area contributed by atoms with Crippen LogP contribution in [-0.2, 0) is 6.54 Å². The minimum Gasteiger partial charge on any atom is -0.454 e. The first kappa shape index (κ1) is 11.2. The lowest BCUT2D eigenvalue weighted by Gasteiger charge is -2.05. The molecule has 2 rings (SSSR count). The Balaban J connectivity index is 1.77. The Bertz CT molecular complexity index is 342. The van der Waals surface area contributed by atoms with Gasteiger partial charge in [-0.2, -0.15) is 0 Å². The highest BCUT2D eigenvalue weighted by atomic mass is 16.7. The Kier molecular flexibility index (Phi) is 4.02. The van der Waals surface area contributed by atoms with Crippen molar-refractivity contribution in [3.63, 3.8) is 0 Å². The number of benzene rings is 1. The first-order chi connectivity index (χ1) is 7.90. The second kappa shape index (κ2) is 5.72. The second-order valence-electron chi connectivity index (χ2n) is 3.86. The van der Waals surface area contributed by atoms with Gasteiger partial charge in [0.05, 0.1) is 0 Å². The van der Waals surface area contributed by atoms with Gasteiger partial charge in [0.2, 0.25) is 6.79 Å². The highest BCUT2D eigenvalue weighted by Gasteiger charge is 2.12. The Labute approximate surface area is 95.7 Å². The van der Waals surface area contributed by atoms with Crippen LogP contribution in [0.2, 0.25) is 0 Å². The van der Waals surface area contributed by atoms with E-state index in [1.54, 1.807) is 0 Å². The number of nitrogens with two attached hydrogens (primary N) is 1. The summed E-state index contributed by atoms with van der Waals surface area (Å²) in [5, 5.41) is 3.38. The van der Waals surface area contributed by atoms with Crippen LogP contribution in [0.3, 0.4) is 0 Å². The van der Waals surface area contributed by atoms with Crippen molar-refractivity contribution >= 4 is 0 Å². The second-order valence-corrected chi connectivity index (χ2v) is 3.86. The molecule has 0 radical (unpaired) electrons. The number of hydrogen-bond acceptors (Lipinski definition) is 4. The Morgan fingerprint density at radius 1 is 1.19 bits per heavy atom. The normalized spacial score (nSPS) is 13.1. The van der Waals surface area contributed by atoms with Gasteiger partial charge in [0.1, 0.15) is 0 Å².